The number of fused-ring (bicyclic) bond motifs is 4. The molecule has 1 fully saturated rings. The molecule has 2 aromatic carbocycles. The van der Waals surface area contributed by atoms with Crippen molar-refractivity contribution >= 4 is 23.6 Å². The molecule has 42 heavy (non-hydrogen) atoms. The van der Waals surface area contributed by atoms with E-state index in [1.54, 1.807) is 24.3 Å². The lowest BCUT2D eigenvalue weighted by Gasteiger charge is -2.32. The van der Waals surface area contributed by atoms with Gasteiger partial charge in [0.05, 0.1) is 18.5 Å². The molecule has 3 aliphatic rings. The maximum Gasteiger partial charge on any atom is 0.257 e. The van der Waals surface area contributed by atoms with Crippen LogP contribution in [0.15, 0.2) is 36.4 Å². The highest BCUT2D eigenvalue weighted by Crippen LogP contribution is 2.32. The molecule has 3 aliphatic heterocycles. The molecule has 0 radical (unpaired) electrons. The third-order valence-electron chi connectivity index (χ3n) is 8.07. The van der Waals surface area contributed by atoms with Gasteiger partial charge in [-0.15, -0.1) is 0 Å². The quantitative estimate of drug-likeness (QED) is 0.576. The zero-order valence-corrected chi connectivity index (χ0v) is 24.0. The first-order chi connectivity index (χ1) is 20.2. The Bertz CT molecular complexity index is 1360. The molecule has 4 amide bonds. The summed E-state index contributed by atoms with van der Waals surface area (Å²) in [5.74, 6) is -0.982. The first kappa shape index (κ1) is 29.3. The van der Waals surface area contributed by atoms with E-state index in [-0.39, 0.29) is 55.5 Å². The summed E-state index contributed by atoms with van der Waals surface area (Å²) in [6.07, 6.45) is 2.20. The second-order valence-electron chi connectivity index (χ2n) is 11.4. The minimum atomic E-state index is -0.751. The molecule has 1 saturated heterocycles. The number of rotatable bonds is 3. The predicted octanol–water partition coefficient (Wildman–Crippen LogP) is 2.43. The molecule has 2 atom stereocenters. The number of aryl methyl sites for hydroxylation is 1. The Morgan fingerprint density at radius 3 is 2.69 bits per heavy atom. The summed E-state index contributed by atoms with van der Waals surface area (Å²) in [7, 11) is 0. The number of nitrogens with one attached hydrogen (secondary N) is 2. The Morgan fingerprint density at radius 1 is 1.07 bits per heavy atom. The number of hydrogen-bond donors (Lipinski definition) is 2. The molecular formula is C31H37FN4O6. The Balaban J connectivity index is 1.39. The highest BCUT2D eigenvalue weighted by atomic mass is 19.1. The molecule has 0 saturated carbocycles. The molecule has 0 spiro atoms. The molecule has 0 aromatic heterocycles. The van der Waals surface area contributed by atoms with Crippen molar-refractivity contribution in [3.05, 3.63) is 58.9 Å². The van der Waals surface area contributed by atoms with Crippen molar-refractivity contribution in [2.24, 2.45) is 5.92 Å². The van der Waals surface area contributed by atoms with E-state index in [0.717, 1.165) is 5.56 Å². The van der Waals surface area contributed by atoms with Crippen molar-refractivity contribution in [1.82, 2.24) is 20.4 Å². The van der Waals surface area contributed by atoms with Gasteiger partial charge >= 0.3 is 0 Å². The van der Waals surface area contributed by atoms with Crippen LogP contribution in [-0.4, -0.2) is 78.5 Å². The lowest BCUT2D eigenvalue weighted by atomic mass is 10.0. The van der Waals surface area contributed by atoms with Crippen molar-refractivity contribution < 1.29 is 33.0 Å². The van der Waals surface area contributed by atoms with Crippen LogP contribution < -0.4 is 20.1 Å². The summed E-state index contributed by atoms with van der Waals surface area (Å²) in [4.78, 5) is 56.4. The van der Waals surface area contributed by atoms with E-state index < -0.39 is 23.8 Å². The summed E-state index contributed by atoms with van der Waals surface area (Å²) in [5, 5.41) is 5.90. The average Bonchev–Trinajstić information content (AvgIpc) is 3.64. The van der Waals surface area contributed by atoms with Crippen LogP contribution in [0.4, 0.5) is 4.39 Å². The summed E-state index contributed by atoms with van der Waals surface area (Å²) < 4.78 is 25.6. The molecule has 224 valence electrons. The summed E-state index contributed by atoms with van der Waals surface area (Å²) >= 11 is 0. The van der Waals surface area contributed by atoms with E-state index in [2.05, 4.69) is 10.6 Å². The fourth-order valence-corrected chi connectivity index (χ4v) is 5.61. The number of amides is 4. The summed E-state index contributed by atoms with van der Waals surface area (Å²) in [5.41, 5.74) is 1.42. The topological polar surface area (TPSA) is 117 Å². The number of nitrogens with zero attached hydrogens (tertiary/aromatic N) is 2. The molecule has 2 bridgehead atoms. The normalized spacial score (nSPS) is 21.6. The van der Waals surface area contributed by atoms with E-state index in [9.17, 15) is 23.6 Å². The second-order valence-corrected chi connectivity index (χ2v) is 11.4. The maximum absolute atomic E-state index is 14.8. The molecule has 2 N–H and O–H groups in total. The van der Waals surface area contributed by atoms with Crippen molar-refractivity contribution in [3.8, 4) is 11.5 Å². The van der Waals surface area contributed by atoms with Gasteiger partial charge in [0, 0.05) is 25.7 Å². The Hall–Kier alpha value is -4.15. The number of halogens is 1. The van der Waals surface area contributed by atoms with Crippen LogP contribution in [0.25, 0.3) is 0 Å². The van der Waals surface area contributed by atoms with Crippen LogP contribution in [0.1, 0.15) is 54.6 Å². The Labute approximate surface area is 244 Å². The van der Waals surface area contributed by atoms with Gasteiger partial charge in [0.2, 0.25) is 24.5 Å². The van der Waals surface area contributed by atoms with Gasteiger partial charge in [-0.3, -0.25) is 19.2 Å². The van der Waals surface area contributed by atoms with E-state index in [1.165, 1.54) is 21.9 Å². The minimum absolute atomic E-state index is 0.0365. The van der Waals surface area contributed by atoms with Crippen LogP contribution in [0, 0.1) is 11.7 Å². The summed E-state index contributed by atoms with van der Waals surface area (Å²) in [6.45, 7) is 4.61. The molecule has 3 heterocycles. The first-order valence-corrected chi connectivity index (χ1v) is 14.5. The lowest BCUT2D eigenvalue weighted by Crippen LogP contribution is -2.55. The Morgan fingerprint density at radius 2 is 1.88 bits per heavy atom. The monoisotopic (exact) mass is 580 g/mol. The van der Waals surface area contributed by atoms with E-state index in [0.29, 0.717) is 55.8 Å². The van der Waals surface area contributed by atoms with E-state index in [1.807, 2.05) is 13.8 Å². The molecule has 0 unspecified atom stereocenters. The average molecular weight is 581 g/mol. The van der Waals surface area contributed by atoms with Gasteiger partial charge in [0.1, 0.15) is 11.9 Å². The molecular weight excluding hydrogens is 543 g/mol. The van der Waals surface area contributed by atoms with Crippen LogP contribution in [-0.2, 0) is 27.2 Å². The van der Waals surface area contributed by atoms with Crippen molar-refractivity contribution in [1.29, 1.82) is 0 Å². The number of carbonyl (C=O) groups excluding carboxylic acids is 4. The van der Waals surface area contributed by atoms with Crippen LogP contribution in [0.2, 0.25) is 0 Å². The molecule has 5 rings (SSSR count). The zero-order chi connectivity index (χ0) is 29.8. The number of carbonyl (C=O) groups is 4. The molecule has 0 aliphatic carbocycles. The van der Waals surface area contributed by atoms with E-state index >= 15 is 0 Å². The predicted molar refractivity (Wildman–Crippen MR) is 151 cm³/mol. The highest BCUT2D eigenvalue weighted by molar-refractivity contribution is 5.98. The zero-order valence-electron chi connectivity index (χ0n) is 24.0. The number of ether oxygens (including phenoxy) is 2. The fraction of sp³-hybridized carbons (Fsp3) is 0.484. The maximum atomic E-state index is 14.8. The van der Waals surface area contributed by atoms with Crippen molar-refractivity contribution in [3.63, 3.8) is 0 Å². The minimum Gasteiger partial charge on any atom is -0.454 e. The SMILES string of the molecule is CC(C)[C@@H]1CN(C(=O)Cc2ccc3c(c2)OCO3)CC(=O)NCCCc2ccc(F)c(c2)C(=O)N2CCC[C@H]2C(=O)N1. The van der Waals surface area contributed by atoms with Crippen LogP contribution in [0.5, 0.6) is 11.5 Å². The fourth-order valence-electron chi connectivity index (χ4n) is 5.61. The standard InChI is InChI=1S/C31H37FN4O6/c1-19(2)24-16-35(29(38)15-21-8-10-26-27(14-21)42-18-41-26)17-28(37)33-11-3-5-20-7-9-23(32)22(13-20)31(40)36-12-4-6-25(36)30(39)34-24/h7-10,13-14,19,24-25H,3-6,11-12,15-18H2,1-2H3,(H,33,37)(H,34,39)/t24-,25-/m0/s1. The summed E-state index contributed by atoms with van der Waals surface area (Å²) in [6, 6.07) is 8.50. The van der Waals surface area contributed by atoms with E-state index in [4.69, 9.17) is 9.47 Å². The molecule has 11 heteroatoms. The van der Waals surface area contributed by atoms with Gasteiger partial charge < -0.3 is 29.9 Å². The Kier molecular flexibility index (Phi) is 8.94. The van der Waals surface area contributed by atoms with Gasteiger partial charge in [0.25, 0.3) is 5.91 Å². The lowest BCUT2D eigenvalue weighted by molar-refractivity contribution is -0.136. The molecule has 2 aromatic rings. The second kappa shape index (κ2) is 12.8. The van der Waals surface area contributed by atoms with Crippen LogP contribution >= 0.6 is 0 Å². The van der Waals surface area contributed by atoms with Gasteiger partial charge in [0.15, 0.2) is 11.5 Å². The van der Waals surface area contributed by atoms with Gasteiger partial charge in [-0.1, -0.05) is 26.0 Å². The first-order valence-electron chi connectivity index (χ1n) is 14.5. The largest absolute Gasteiger partial charge is 0.454 e. The third-order valence-corrected chi connectivity index (χ3v) is 8.07. The number of hydrogen-bond acceptors (Lipinski definition) is 6. The smallest absolute Gasteiger partial charge is 0.257 e. The van der Waals surface area contributed by atoms with Gasteiger partial charge in [-0.25, -0.2) is 4.39 Å². The van der Waals surface area contributed by atoms with Crippen molar-refractivity contribution in [2.45, 2.75) is 58.0 Å². The highest BCUT2D eigenvalue weighted by Gasteiger charge is 2.37. The van der Waals surface area contributed by atoms with Gasteiger partial charge in [-0.05, 0) is 67.0 Å². The molecule has 10 nitrogen and oxygen atoms in total. The van der Waals surface area contributed by atoms with Gasteiger partial charge in [-0.2, -0.15) is 0 Å². The van der Waals surface area contributed by atoms with Crippen LogP contribution in [0.3, 0.4) is 0 Å². The van der Waals surface area contributed by atoms with Crippen molar-refractivity contribution in [2.75, 3.05) is 33.0 Å². The number of benzene rings is 2. The third kappa shape index (κ3) is 6.66.